The molecule has 0 amide bonds. The summed E-state index contributed by atoms with van der Waals surface area (Å²) < 4.78 is 5.82. The predicted octanol–water partition coefficient (Wildman–Crippen LogP) is 7.31. The zero-order valence-electron chi connectivity index (χ0n) is 18.4. The summed E-state index contributed by atoms with van der Waals surface area (Å²) in [5.41, 5.74) is 5.20. The molecule has 158 valence electrons. The molecule has 3 aromatic carbocycles. The zero-order chi connectivity index (χ0) is 21.5. The van der Waals surface area contributed by atoms with Crippen LogP contribution in [-0.2, 0) is 0 Å². The highest BCUT2D eigenvalue weighted by Gasteiger charge is 2.15. The number of aryl methyl sites for hydroxylation is 1. The molecule has 1 N–H and O–H groups in total. The molecule has 3 heteroatoms. The van der Waals surface area contributed by atoms with Crippen LogP contribution in [0.5, 0.6) is 5.75 Å². The summed E-state index contributed by atoms with van der Waals surface area (Å²) in [5, 5.41) is 4.44. The van der Waals surface area contributed by atoms with Crippen LogP contribution < -0.4 is 10.1 Å². The van der Waals surface area contributed by atoms with Crippen LogP contribution in [0.1, 0.15) is 61.4 Å². The Hall–Kier alpha value is -2.29. The predicted molar refractivity (Wildman–Crippen MR) is 128 cm³/mol. The maximum Gasteiger partial charge on any atom is 0.119 e. The Kier molecular flexibility index (Phi) is 7.95. The molecule has 0 spiro atoms. The molecule has 3 rings (SSSR count). The number of hydrogen-bond donors (Lipinski definition) is 1. The van der Waals surface area contributed by atoms with Crippen molar-refractivity contribution in [3.05, 3.63) is 100 Å². The molecule has 0 radical (unpaired) electrons. The van der Waals surface area contributed by atoms with Gasteiger partial charge in [0.15, 0.2) is 0 Å². The first-order valence-electron chi connectivity index (χ1n) is 10.7. The molecule has 0 saturated carbocycles. The average molecular weight is 422 g/mol. The molecule has 2 atom stereocenters. The van der Waals surface area contributed by atoms with Gasteiger partial charge < -0.3 is 10.1 Å². The monoisotopic (exact) mass is 421 g/mol. The van der Waals surface area contributed by atoms with E-state index >= 15 is 0 Å². The third kappa shape index (κ3) is 6.35. The minimum Gasteiger partial charge on any atom is -0.491 e. The summed E-state index contributed by atoms with van der Waals surface area (Å²) in [4.78, 5) is 0. The van der Waals surface area contributed by atoms with Gasteiger partial charge in [-0.1, -0.05) is 65.7 Å². The van der Waals surface area contributed by atoms with Crippen molar-refractivity contribution in [2.45, 2.75) is 52.2 Å². The number of benzene rings is 3. The molecule has 0 aromatic heterocycles. The van der Waals surface area contributed by atoms with Crippen LogP contribution >= 0.6 is 11.6 Å². The van der Waals surface area contributed by atoms with Gasteiger partial charge in [-0.15, -0.1) is 0 Å². The number of nitrogens with one attached hydrogen (secondary N) is 1. The van der Waals surface area contributed by atoms with E-state index in [4.69, 9.17) is 16.3 Å². The molecule has 3 aromatic rings. The molecule has 0 aliphatic carbocycles. The van der Waals surface area contributed by atoms with Gasteiger partial charge in [0.05, 0.1) is 6.10 Å². The third-order valence-corrected chi connectivity index (χ3v) is 5.64. The number of hydrogen-bond acceptors (Lipinski definition) is 2. The second-order valence-corrected chi connectivity index (χ2v) is 8.65. The fraction of sp³-hybridized carbons (Fsp3) is 0.333. The van der Waals surface area contributed by atoms with E-state index in [-0.39, 0.29) is 12.1 Å². The molecule has 2 nitrogen and oxygen atoms in total. The maximum absolute atomic E-state index is 6.02. The van der Waals surface area contributed by atoms with Crippen LogP contribution in [0.4, 0.5) is 0 Å². The van der Waals surface area contributed by atoms with E-state index in [2.05, 4.69) is 93.7 Å². The van der Waals surface area contributed by atoms with Crippen molar-refractivity contribution in [1.29, 1.82) is 0 Å². The first-order chi connectivity index (χ1) is 14.4. The van der Waals surface area contributed by atoms with Crippen molar-refractivity contribution in [3.63, 3.8) is 0 Å². The molecular weight excluding hydrogens is 390 g/mol. The quantitative estimate of drug-likeness (QED) is 0.391. The van der Waals surface area contributed by atoms with Crippen molar-refractivity contribution in [2.75, 3.05) is 6.54 Å². The van der Waals surface area contributed by atoms with E-state index in [0.29, 0.717) is 5.92 Å². The van der Waals surface area contributed by atoms with Crippen molar-refractivity contribution in [3.8, 4) is 5.75 Å². The lowest BCUT2D eigenvalue weighted by Crippen LogP contribution is -2.21. The van der Waals surface area contributed by atoms with Gasteiger partial charge in [0.2, 0.25) is 0 Å². The highest BCUT2D eigenvalue weighted by Crippen LogP contribution is 2.30. The van der Waals surface area contributed by atoms with Crippen LogP contribution in [-0.4, -0.2) is 12.6 Å². The van der Waals surface area contributed by atoms with Gasteiger partial charge in [-0.25, -0.2) is 0 Å². The van der Waals surface area contributed by atoms with Crippen molar-refractivity contribution < 1.29 is 4.74 Å². The molecule has 0 saturated heterocycles. The summed E-state index contributed by atoms with van der Waals surface area (Å²) >= 11 is 6.02. The molecular formula is C27H32ClNO. The molecule has 0 fully saturated rings. The van der Waals surface area contributed by atoms with Gasteiger partial charge >= 0.3 is 0 Å². The minimum atomic E-state index is 0.183. The largest absolute Gasteiger partial charge is 0.491 e. The first-order valence-corrected chi connectivity index (χ1v) is 11.1. The lowest BCUT2D eigenvalue weighted by atomic mass is 9.88. The summed E-state index contributed by atoms with van der Waals surface area (Å²) in [6.45, 7) is 9.36. The maximum atomic E-state index is 6.02. The van der Waals surface area contributed by atoms with Crippen molar-refractivity contribution >= 4 is 11.6 Å². The Balaban J connectivity index is 1.71. The molecule has 0 aliphatic heterocycles. The minimum absolute atomic E-state index is 0.183. The number of halogens is 1. The van der Waals surface area contributed by atoms with Crippen LogP contribution in [0, 0.1) is 6.92 Å². The Bertz CT molecular complexity index is 901. The summed E-state index contributed by atoms with van der Waals surface area (Å²) in [6, 6.07) is 25.8. The van der Waals surface area contributed by atoms with E-state index < -0.39 is 0 Å². The SMILES string of the molecule is Cc1ccc(C(CCNC(C)c2ccc(Cl)cc2)c2ccc(OC(C)C)cc2)cc1. The zero-order valence-corrected chi connectivity index (χ0v) is 19.1. The van der Waals surface area contributed by atoms with E-state index in [0.717, 1.165) is 23.7 Å². The van der Waals surface area contributed by atoms with Crippen molar-refractivity contribution in [1.82, 2.24) is 5.32 Å². The Labute approximate surface area is 186 Å². The highest BCUT2D eigenvalue weighted by atomic mass is 35.5. The van der Waals surface area contributed by atoms with Gasteiger partial charge in [0.1, 0.15) is 5.75 Å². The Morgan fingerprint density at radius 2 is 1.30 bits per heavy atom. The first kappa shape index (κ1) is 22.4. The molecule has 0 heterocycles. The Morgan fingerprint density at radius 1 is 0.767 bits per heavy atom. The second-order valence-electron chi connectivity index (χ2n) is 8.21. The lowest BCUT2D eigenvalue weighted by Gasteiger charge is -2.21. The summed E-state index contributed by atoms with van der Waals surface area (Å²) in [6.07, 6.45) is 1.20. The molecule has 0 bridgehead atoms. The van der Waals surface area contributed by atoms with Gasteiger partial charge in [0, 0.05) is 17.0 Å². The Morgan fingerprint density at radius 3 is 1.87 bits per heavy atom. The van der Waals surface area contributed by atoms with Gasteiger partial charge in [-0.05, 0) is 81.6 Å². The van der Waals surface area contributed by atoms with Crippen molar-refractivity contribution in [2.24, 2.45) is 0 Å². The van der Waals surface area contributed by atoms with E-state index in [1.165, 1.54) is 22.3 Å². The standard InChI is InChI=1S/C27H32ClNO/c1-19(2)30-26-15-11-24(12-16-26)27(23-7-5-20(3)6-8-23)17-18-29-21(4)22-9-13-25(28)14-10-22/h5-16,19,21,27,29H,17-18H2,1-4H3. The van der Waals surface area contributed by atoms with E-state index in [1.807, 2.05) is 12.1 Å². The molecule has 30 heavy (non-hydrogen) atoms. The van der Waals surface area contributed by atoms with Gasteiger partial charge in [0.25, 0.3) is 0 Å². The second kappa shape index (κ2) is 10.7. The van der Waals surface area contributed by atoms with E-state index in [1.54, 1.807) is 0 Å². The van der Waals surface area contributed by atoms with Gasteiger partial charge in [-0.2, -0.15) is 0 Å². The fourth-order valence-electron chi connectivity index (χ4n) is 3.69. The number of rotatable bonds is 9. The normalized spacial score (nSPS) is 13.3. The molecule has 0 aliphatic rings. The van der Waals surface area contributed by atoms with Gasteiger partial charge in [-0.3, -0.25) is 0 Å². The third-order valence-electron chi connectivity index (χ3n) is 5.39. The lowest BCUT2D eigenvalue weighted by molar-refractivity contribution is 0.242. The van der Waals surface area contributed by atoms with E-state index in [9.17, 15) is 0 Å². The number of ether oxygens (including phenoxy) is 1. The highest BCUT2D eigenvalue weighted by molar-refractivity contribution is 6.30. The topological polar surface area (TPSA) is 21.3 Å². The smallest absolute Gasteiger partial charge is 0.119 e. The fourth-order valence-corrected chi connectivity index (χ4v) is 3.81. The summed E-state index contributed by atoms with van der Waals surface area (Å²) in [5.74, 6) is 1.26. The van der Waals surface area contributed by atoms with Crippen LogP contribution in [0.2, 0.25) is 5.02 Å². The van der Waals surface area contributed by atoms with Crippen LogP contribution in [0.25, 0.3) is 0 Å². The molecule has 2 unspecified atom stereocenters. The van der Waals surface area contributed by atoms with Crippen LogP contribution in [0.15, 0.2) is 72.8 Å². The average Bonchev–Trinajstić information content (AvgIpc) is 2.73. The summed E-state index contributed by atoms with van der Waals surface area (Å²) in [7, 11) is 0. The van der Waals surface area contributed by atoms with Crippen LogP contribution in [0.3, 0.4) is 0 Å².